The lowest BCUT2D eigenvalue weighted by Gasteiger charge is -2.33. The van der Waals surface area contributed by atoms with E-state index in [0.29, 0.717) is 19.5 Å². The van der Waals surface area contributed by atoms with Crippen LogP contribution in [-0.2, 0) is 18.9 Å². The summed E-state index contributed by atoms with van der Waals surface area (Å²) in [5.41, 5.74) is 16.8. The standard InChI is InChI=1S/C33H59ClN8O11.4H2S/c1-18-16-51-32(52-18)27(48)25(46)21(44)15-42(14-20(43)24(45)26(47)22-17-50-19(2)53-22)13-11-9-7-5-3-4-6-8-10-12-38-33(37)41-31(49)23-29(35)40-30(36)28(34)39-23;;;;/h18-22,24-27,32,43-48H,3-17H2,1-2H3,(H4,35,36,40)(H3,37,38,41,49);4*1H2/t18-,19-,20+,21+,22-,24-,25-,26-,27+,32+;;;;/m1..../s1. The van der Waals surface area contributed by atoms with Gasteiger partial charge >= 0.3 is 0 Å². The van der Waals surface area contributed by atoms with Crippen LogP contribution in [0.5, 0.6) is 0 Å². The van der Waals surface area contributed by atoms with Gasteiger partial charge in [-0.2, -0.15) is 54.0 Å². The molecule has 1 aromatic rings. The first-order valence-corrected chi connectivity index (χ1v) is 18.6. The fourth-order valence-corrected chi connectivity index (χ4v) is 6.12. The van der Waals surface area contributed by atoms with Crippen molar-refractivity contribution in [3.63, 3.8) is 0 Å². The fraction of sp³-hybridized carbons (Fsp3) is 0.818. The molecular formula is C33H67ClN8O11S4. The van der Waals surface area contributed by atoms with Gasteiger partial charge in [-0.15, -0.1) is 0 Å². The van der Waals surface area contributed by atoms with E-state index in [2.05, 4.69) is 20.3 Å². The van der Waals surface area contributed by atoms with Gasteiger partial charge < -0.3 is 66.8 Å². The van der Waals surface area contributed by atoms with E-state index in [1.165, 1.54) is 0 Å². The Labute approximate surface area is 367 Å². The molecule has 57 heavy (non-hydrogen) atoms. The van der Waals surface area contributed by atoms with Crippen LogP contribution < -0.4 is 22.5 Å². The van der Waals surface area contributed by atoms with Crippen molar-refractivity contribution in [3.05, 3.63) is 10.8 Å². The van der Waals surface area contributed by atoms with Crippen LogP contribution in [-0.4, -0.2) is 158 Å². The van der Waals surface area contributed by atoms with Crippen molar-refractivity contribution < 1.29 is 54.4 Å². The Morgan fingerprint density at radius 2 is 1.35 bits per heavy atom. The van der Waals surface area contributed by atoms with E-state index in [0.717, 1.165) is 51.4 Å². The maximum atomic E-state index is 12.3. The summed E-state index contributed by atoms with van der Waals surface area (Å²) < 4.78 is 21.5. The molecule has 1 aromatic heterocycles. The maximum Gasteiger partial charge on any atom is 0.280 e. The maximum absolute atomic E-state index is 12.3. The molecule has 3 heterocycles. The van der Waals surface area contributed by atoms with Gasteiger partial charge in [0.15, 0.2) is 41.0 Å². The zero-order valence-corrected chi connectivity index (χ0v) is 37.3. The monoisotopic (exact) mass is 914 g/mol. The molecule has 3 rings (SSSR count). The molecule has 336 valence electrons. The number of nitrogens with zero attached hydrogens (tertiary/aromatic N) is 4. The summed E-state index contributed by atoms with van der Waals surface area (Å²) in [7, 11) is 0. The Morgan fingerprint density at radius 1 is 0.807 bits per heavy atom. The third-order valence-electron chi connectivity index (χ3n) is 9.04. The predicted octanol–water partition coefficient (Wildman–Crippen LogP) is -0.709. The number of aromatic nitrogens is 2. The lowest BCUT2D eigenvalue weighted by molar-refractivity contribution is -0.182. The minimum absolute atomic E-state index is 0. The largest absolute Gasteiger partial charge is 0.389 e. The van der Waals surface area contributed by atoms with Gasteiger partial charge in [0, 0.05) is 19.6 Å². The number of unbranched alkanes of at least 4 members (excludes halogenated alkanes) is 8. The number of anilines is 2. The highest BCUT2D eigenvalue weighted by molar-refractivity contribution is 7.59. The van der Waals surface area contributed by atoms with E-state index < -0.39 is 61.2 Å². The number of aliphatic hydroxyl groups is 6. The molecule has 0 spiro atoms. The van der Waals surface area contributed by atoms with Crippen molar-refractivity contribution in [3.8, 4) is 0 Å². The number of nitrogens with two attached hydrogens (primary N) is 3. The number of guanidine groups is 1. The summed E-state index contributed by atoms with van der Waals surface area (Å²) in [6.45, 7) is 4.38. The molecule has 19 nitrogen and oxygen atoms in total. The molecule has 10 atom stereocenters. The van der Waals surface area contributed by atoms with Crippen LogP contribution >= 0.6 is 65.6 Å². The van der Waals surface area contributed by atoms with E-state index in [1.807, 2.05) is 0 Å². The number of aliphatic hydroxyl groups excluding tert-OH is 6. The fourth-order valence-electron chi connectivity index (χ4n) is 6.00. The summed E-state index contributed by atoms with van der Waals surface area (Å²) in [5.74, 6) is -1.02. The SMILES string of the molecule is C[C@@H]1OC[C@H]([C@@H](O)[C@H](O)[C@@H](O)CN(CCCCCCCCCCCN=C(N)NC(=O)c2nc(Cl)c(N)nc2N)C[C@H](O)[C@@H](O)[C@H](O)[C@H]2OC[C@@H](C)O2)O1.S.S.S.S. The lowest BCUT2D eigenvalue weighted by Crippen LogP contribution is -2.53. The van der Waals surface area contributed by atoms with Crippen LogP contribution in [0.25, 0.3) is 0 Å². The van der Waals surface area contributed by atoms with Gasteiger partial charge in [0.25, 0.3) is 5.91 Å². The topological polar surface area (TPSA) is 307 Å². The van der Waals surface area contributed by atoms with Gasteiger partial charge in [0.05, 0.1) is 31.5 Å². The van der Waals surface area contributed by atoms with Crippen molar-refractivity contribution in [2.24, 2.45) is 10.7 Å². The van der Waals surface area contributed by atoms with Gasteiger partial charge in [0.1, 0.15) is 30.5 Å². The van der Waals surface area contributed by atoms with Gasteiger partial charge in [0.2, 0.25) is 0 Å². The first kappa shape index (κ1) is 58.0. The first-order chi connectivity index (χ1) is 25.2. The Balaban J connectivity index is 0. The van der Waals surface area contributed by atoms with Gasteiger partial charge in [-0.25, -0.2) is 9.97 Å². The molecule has 2 aliphatic heterocycles. The van der Waals surface area contributed by atoms with Gasteiger partial charge in [-0.05, 0) is 33.2 Å². The summed E-state index contributed by atoms with van der Waals surface area (Å²) >= 11 is 5.81. The van der Waals surface area contributed by atoms with E-state index >= 15 is 0 Å². The Hall–Kier alpha value is -1.13. The van der Waals surface area contributed by atoms with Crippen LogP contribution in [0.1, 0.15) is 82.1 Å². The number of nitrogen functional groups attached to an aromatic ring is 2. The number of nitrogens with one attached hydrogen (secondary N) is 1. The molecule has 0 unspecified atom stereocenters. The van der Waals surface area contributed by atoms with Crippen LogP contribution in [0.4, 0.5) is 11.6 Å². The first-order valence-electron chi connectivity index (χ1n) is 18.2. The van der Waals surface area contributed by atoms with Crippen LogP contribution in [0.3, 0.4) is 0 Å². The third kappa shape index (κ3) is 19.9. The Kier molecular flexibility index (Phi) is 30.5. The highest BCUT2D eigenvalue weighted by Gasteiger charge is 2.39. The number of ether oxygens (including phenoxy) is 4. The third-order valence-corrected chi connectivity index (χ3v) is 9.32. The number of hydrogen-bond acceptors (Lipinski definition) is 17. The summed E-state index contributed by atoms with van der Waals surface area (Å²) in [6, 6.07) is 0. The zero-order valence-electron chi connectivity index (χ0n) is 32.5. The van der Waals surface area contributed by atoms with Gasteiger partial charge in [-0.1, -0.05) is 56.5 Å². The Morgan fingerprint density at radius 3 is 1.88 bits per heavy atom. The van der Waals surface area contributed by atoms with Crippen LogP contribution in [0.2, 0.25) is 5.15 Å². The highest BCUT2D eigenvalue weighted by atomic mass is 35.5. The molecule has 13 N–H and O–H groups in total. The molecule has 0 aromatic carbocycles. The average Bonchev–Trinajstić information content (AvgIpc) is 3.76. The molecule has 0 bridgehead atoms. The van der Waals surface area contributed by atoms with Crippen LogP contribution in [0, 0.1) is 0 Å². The quantitative estimate of drug-likeness (QED) is 0.0369. The van der Waals surface area contributed by atoms with E-state index in [4.69, 9.17) is 47.7 Å². The van der Waals surface area contributed by atoms with Crippen molar-refractivity contribution >= 4 is 89.1 Å². The number of hydrogen-bond donors (Lipinski definition) is 10. The molecule has 0 saturated carbocycles. The van der Waals surface area contributed by atoms with Crippen molar-refractivity contribution in [2.45, 2.75) is 133 Å². The zero-order chi connectivity index (χ0) is 39.1. The minimum atomic E-state index is -1.59. The van der Waals surface area contributed by atoms with Crippen molar-refractivity contribution in [2.75, 3.05) is 50.9 Å². The minimum Gasteiger partial charge on any atom is -0.389 e. The second-order valence-electron chi connectivity index (χ2n) is 13.6. The average molecular weight is 916 g/mol. The van der Waals surface area contributed by atoms with Crippen LogP contribution in [0.15, 0.2) is 4.99 Å². The normalized spacial score (nSPS) is 22.5. The second-order valence-corrected chi connectivity index (χ2v) is 14.0. The van der Waals surface area contributed by atoms with E-state index in [1.54, 1.807) is 18.7 Å². The molecule has 2 saturated heterocycles. The molecule has 24 heteroatoms. The Bertz CT molecular complexity index is 1270. The van der Waals surface area contributed by atoms with E-state index in [-0.39, 0.29) is 115 Å². The second kappa shape index (κ2) is 30.0. The van der Waals surface area contributed by atoms with Crippen molar-refractivity contribution in [1.29, 1.82) is 0 Å². The van der Waals surface area contributed by atoms with Gasteiger partial charge in [-0.3, -0.25) is 20.0 Å². The lowest BCUT2D eigenvalue weighted by atomic mass is 10.0. The summed E-state index contributed by atoms with van der Waals surface area (Å²) in [6.07, 6.45) is -3.16. The van der Waals surface area contributed by atoms with Crippen molar-refractivity contribution in [1.82, 2.24) is 20.2 Å². The number of aliphatic imine (C=N–C) groups is 1. The molecule has 2 fully saturated rings. The number of carbonyl (C=O) groups excluding carboxylic acids is 1. The number of amides is 1. The molecular weight excluding hydrogens is 848 g/mol. The molecule has 2 aliphatic rings. The molecule has 0 radical (unpaired) electrons. The summed E-state index contributed by atoms with van der Waals surface area (Å²) in [5, 5.41) is 66.3. The predicted molar refractivity (Wildman–Crippen MR) is 236 cm³/mol. The number of carbonyl (C=O) groups is 1. The van der Waals surface area contributed by atoms with E-state index in [9.17, 15) is 35.4 Å². The smallest absolute Gasteiger partial charge is 0.280 e. The number of halogens is 1. The highest BCUT2D eigenvalue weighted by Crippen LogP contribution is 2.21. The number of rotatable bonds is 23. The molecule has 0 aliphatic carbocycles. The molecule has 1 amide bonds. The summed E-state index contributed by atoms with van der Waals surface area (Å²) in [4.78, 5) is 25.8.